The summed E-state index contributed by atoms with van der Waals surface area (Å²) in [5.41, 5.74) is 2.24. The normalized spacial score (nSPS) is 17.9. The molecule has 0 spiro atoms. The Morgan fingerprint density at radius 2 is 1.80 bits per heavy atom. The Morgan fingerprint density at radius 3 is 2.50 bits per heavy atom. The van der Waals surface area contributed by atoms with Gasteiger partial charge in [-0.15, -0.1) is 0 Å². The fraction of sp³-hybridized carbons (Fsp3) is 0.381. The van der Waals surface area contributed by atoms with Gasteiger partial charge in [-0.1, -0.05) is 0 Å². The first kappa shape index (κ1) is 20.5. The Hall–Kier alpha value is -2.81. The summed E-state index contributed by atoms with van der Waals surface area (Å²) in [6.45, 7) is 1.14. The van der Waals surface area contributed by atoms with Crippen molar-refractivity contribution in [3.63, 3.8) is 0 Å². The second-order valence-electron chi connectivity index (χ2n) is 7.43. The average molecular weight is 419 g/mol. The molecule has 1 saturated heterocycles. The lowest BCUT2D eigenvalue weighted by atomic mass is 9.94. The van der Waals surface area contributed by atoms with Gasteiger partial charge in [0.05, 0.1) is 17.8 Å². The molecule has 1 atom stereocenters. The van der Waals surface area contributed by atoms with E-state index in [1.165, 1.54) is 12.1 Å². The lowest BCUT2D eigenvalue weighted by molar-refractivity contribution is -0.138. The van der Waals surface area contributed by atoms with Crippen LogP contribution in [0.5, 0.6) is 0 Å². The topological polar surface area (TPSA) is 46.8 Å². The van der Waals surface area contributed by atoms with Crippen LogP contribution < -0.4 is 0 Å². The molecular weight excluding hydrogens is 398 g/mol. The monoisotopic (exact) mass is 419 g/mol. The van der Waals surface area contributed by atoms with Gasteiger partial charge in [0.25, 0.3) is 5.95 Å². The lowest BCUT2D eigenvalue weighted by Crippen LogP contribution is -2.37. The number of likely N-dealkylation sites (tertiary alicyclic amines) is 1. The average Bonchev–Trinajstić information content (AvgIpc) is 3.19. The van der Waals surface area contributed by atoms with E-state index in [4.69, 9.17) is 0 Å². The first-order valence-corrected chi connectivity index (χ1v) is 9.81. The summed E-state index contributed by atoms with van der Waals surface area (Å²) >= 11 is 0. The molecule has 4 rings (SSSR count). The third-order valence-corrected chi connectivity index (χ3v) is 5.25. The van der Waals surface area contributed by atoms with Crippen LogP contribution in [0.2, 0.25) is 0 Å². The highest BCUT2D eigenvalue weighted by atomic mass is 19.4. The van der Waals surface area contributed by atoms with Crippen LogP contribution in [0.1, 0.15) is 30.9 Å². The van der Waals surface area contributed by atoms with Crippen LogP contribution >= 0.6 is 0 Å². The van der Waals surface area contributed by atoms with Crippen molar-refractivity contribution in [3.8, 4) is 17.2 Å². The maximum absolute atomic E-state index is 13.3. The van der Waals surface area contributed by atoms with E-state index in [0.717, 1.165) is 24.1 Å². The zero-order valence-corrected chi connectivity index (χ0v) is 16.2. The number of hydrogen-bond acceptors (Lipinski definition) is 4. The fourth-order valence-electron chi connectivity index (χ4n) is 3.79. The third kappa shape index (κ3) is 4.84. The molecule has 0 saturated carbocycles. The minimum atomic E-state index is -4.16. The van der Waals surface area contributed by atoms with Crippen molar-refractivity contribution in [2.45, 2.75) is 31.4 Å². The quantitative estimate of drug-likeness (QED) is 0.567. The van der Waals surface area contributed by atoms with Crippen LogP contribution in [0.25, 0.3) is 17.2 Å². The van der Waals surface area contributed by atoms with Gasteiger partial charge >= 0.3 is 6.18 Å². The van der Waals surface area contributed by atoms with Crippen LogP contribution in [0.4, 0.5) is 17.6 Å². The molecule has 9 heteroatoms. The largest absolute Gasteiger partial charge is 0.390 e. The number of benzene rings is 1. The van der Waals surface area contributed by atoms with Gasteiger partial charge in [0, 0.05) is 37.0 Å². The SMILES string of the molecule is Fc1ccc(-c2cc(C3CCCN(CCC(F)(F)F)C3)n(-c3ncccn3)n2)cc1. The number of alkyl halides is 3. The summed E-state index contributed by atoms with van der Waals surface area (Å²) < 4.78 is 52.9. The van der Waals surface area contributed by atoms with Gasteiger partial charge < -0.3 is 4.90 Å². The van der Waals surface area contributed by atoms with Crippen molar-refractivity contribution in [3.05, 3.63) is 60.3 Å². The first-order chi connectivity index (χ1) is 14.4. The number of hydrogen-bond donors (Lipinski definition) is 0. The second-order valence-corrected chi connectivity index (χ2v) is 7.43. The number of nitrogens with zero attached hydrogens (tertiary/aromatic N) is 5. The van der Waals surface area contributed by atoms with E-state index < -0.39 is 12.6 Å². The summed E-state index contributed by atoms with van der Waals surface area (Å²) in [6.07, 6.45) is -0.118. The standard InChI is InChI=1S/C21H21F4N5/c22-17-6-4-15(5-7-17)18-13-19(30(28-18)20-26-9-2-10-27-20)16-3-1-11-29(14-16)12-8-21(23,24)25/h2,4-7,9-10,13,16H,1,3,8,11-12,14H2. The zero-order chi connectivity index (χ0) is 21.1. The molecule has 0 radical (unpaired) electrons. The molecule has 1 aliphatic heterocycles. The molecule has 1 aromatic carbocycles. The van der Waals surface area contributed by atoms with Crippen LogP contribution in [0, 0.1) is 5.82 Å². The highest BCUT2D eigenvalue weighted by molar-refractivity contribution is 5.60. The molecular formula is C21H21F4N5. The Labute approximate surface area is 171 Å². The summed E-state index contributed by atoms with van der Waals surface area (Å²) in [7, 11) is 0. The van der Waals surface area contributed by atoms with Crippen molar-refractivity contribution in [1.82, 2.24) is 24.6 Å². The lowest BCUT2D eigenvalue weighted by Gasteiger charge is -2.33. The smallest absolute Gasteiger partial charge is 0.302 e. The van der Waals surface area contributed by atoms with Gasteiger partial charge in [-0.2, -0.15) is 18.3 Å². The second kappa shape index (κ2) is 8.51. The molecule has 1 unspecified atom stereocenters. The Bertz CT molecular complexity index is 969. The molecule has 5 nitrogen and oxygen atoms in total. The van der Waals surface area contributed by atoms with Gasteiger partial charge in [-0.05, 0) is 55.8 Å². The predicted molar refractivity (Wildman–Crippen MR) is 104 cm³/mol. The number of piperidine rings is 1. The van der Waals surface area contributed by atoms with Crippen LogP contribution in [0.3, 0.4) is 0 Å². The van der Waals surface area contributed by atoms with Gasteiger partial charge in [-0.25, -0.2) is 19.0 Å². The van der Waals surface area contributed by atoms with E-state index >= 15 is 0 Å². The molecule has 3 aromatic rings. The number of halogens is 4. The fourth-order valence-corrected chi connectivity index (χ4v) is 3.79. The summed E-state index contributed by atoms with van der Waals surface area (Å²) in [6, 6.07) is 9.63. The highest BCUT2D eigenvalue weighted by Gasteiger charge is 2.31. The van der Waals surface area contributed by atoms with E-state index in [1.54, 1.807) is 35.3 Å². The Balaban J connectivity index is 1.64. The molecule has 1 fully saturated rings. The molecule has 0 amide bonds. The van der Waals surface area contributed by atoms with E-state index in [1.807, 2.05) is 11.0 Å². The summed E-state index contributed by atoms with van der Waals surface area (Å²) in [5, 5.41) is 4.64. The molecule has 2 aromatic heterocycles. The highest BCUT2D eigenvalue weighted by Crippen LogP contribution is 2.32. The van der Waals surface area contributed by atoms with Crippen molar-refractivity contribution in [2.24, 2.45) is 0 Å². The number of aromatic nitrogens is 4. The van der Waals surface area contributed by atoms with Crippen molar-refractivity contribution in [2.75, 3.05) is 19.6 Å². The van der Waals surface area contributed by atoms with Crippen molar-refractivity contribution >= 4 is 0 Å². The third-order valence-electron chi connectivity index (χ3n) is 5.25. The van der Waals surface area contributed by atoms with Crippen LogP contribution in [0.15, 0.2) is 48.8 Å². The van der Waals surface area contributed by atoms with Gasteiger partial charge in [0.1, 0.15) is 5.82 Å². The van der Waals surface area contributed by atoms with E-state index in [-0.39, 0.29) is 18.3 Å². The Morgan fingerprint density at radius 1 is 1.07 bits per heavy atom. The molecule has 158 valence electrons. The van der Waals surface area contributed by atoms with Crippen LogP contribution in [-0.2, 0) is 0 Å². The summed E-state index contributed by atoms with van der Waals surface area (Å²) in [5.74, 6) is 0.0585. The molecule has 0 bridgehead atoms. The first-order valence-electron chi connectivity index (χ1n) is 9.81. The van der Waals surface area contributed by atoms with E-state index in [9.17, 15) is 17.6 Å². The van der Waals surface area contributed by atoms with E-state index in [2.05, 4.69) is 15.1 Å². The van der Waals surface area contributed by atoms with E-state index in [0.29, 0.717) is 24.7 Å². The number of rotatable bonds is 5. The van der Waals surface area contributed by atoms with Gasteiger partial charge in [0.15, 0.2) is 0 Å². The minimum Gasteiger partial charge on any atom is -0.302 e. The molecule has 3 heterocycles. The molecule has 0 N–H and O–H groups in total. The Kier molecular flexibility index (Phi) is 5.80. The molecule has 30 heavy (non-hydrogen) atoms. The molecule has 0 aliphatic carbocycles. The maximum atomic E-state index is 13.3. The van der Waals surface area contributed by atoms with Crippen molar-refractivity contribution < 1.29 is 17.6 Å². The summed E-state index contributed by atoms with van der Waals surface area (Å²) in [4.78, 5) is 10.4. The van der Waals surface area contributed by atoms with Crippen LogP contribution in [-0.4, -0.2) is 50.5 Å². The van der Waals surface area contributed by atoms with Gasteiger partial charge in [-0.3, -0.25) is 0 Å². The van der Waals surface area contributed by atoms with Gasteiger partial charge in [0.2, 0.25) is 0 Å². The minimum absolute atomic E-state index is 0.00233. The zero-order valence-electron chi connectivity index (χ0n) is 16.2. The molecule has 1 aliphatic rings. The maximum Gasteiger partial charge on any atom is 0.390 e. The predicted octanol–water partition coefficient (Wildman–Crippen LogP) is 4.60. The van der Waals surface area contributed by atoms with Crippen molar-refractivity contribution in [1.29, 1.82) is 0 Å².